The Morgan fingerprint density at radius 2 is 2.29 bits per heavy atom. The molecule has 0 saturated heterocycles. The molecule has 0 aliphatic rings. The Hall–Kier alpha value is -1.80. The van der Waals surface area contributed by atoms with Crippen LogP contribution in [0, 0.1) is 11.3 Å². The number of nitriles is 1. The molecule has 92 valence electrons. The lowest BCUT2D eigenvalue weighted by Gasteiger charge is -2.25. The van der Waals surface area contributed by atoms with Gasteiger partial charge in [0, 0.05) is 19.3 Å². The van der Waals surface area contributed by atoms with E-state index in [1.54, 1.807) is 12.3 Å². The molecule has 0 atom stereocenters. The van der Waals surface area contributed by atoms with Crippen LogP contribution in [-0.4, -0.2) is 23.7 Å². The topological polar surface area (TPSA) is 84.0 Å². The van der Waals surface area contributed by atoms with Crippen molar-refractivity contribution in [3.05, 3.63) is 17.8 Å². The van der Waals surface area contributed by atoms with Gasteiger partial charge in [0.1, 0.15) is 6.07 Å². The Morgan fingerprint density at radius 1 is 1.59 bits per heavy atom. The Bertz CT molecular complexity index is 423. The SMILES string of the molecule is CCOC(C)(C)CNc1nccc(C#N)c1N. The van der Waals surface area contributed by atoms with Crippen LogP contribution in [0.15, 0.2) is 12.3 Å². The summed E-state index contributed by atoms with van der Waals surface area (Å²) in [4.78, 5) is 4.11. The lowest BCUT2D eigenvalue weighted by Crippen LogP contribution is -2.33. The third kappa shape index (κ3) is 3.61. The number of pyridine rings is 1. The Morgan fingerprint density at radius 3 is 2.88 bits per heavy atom. The van der Waals surface area contributed by atoms with E-state index >= 15 is 0 Å². The van der Waals surface area contributed by atoms with Crippen LogP contribution in [0.4, 0.5) is 11.5 Å². The zero-order valence-corrected chi connectivity index (χ0v) is 10.4. The predicted octanol–water partition coefficient (Wildman–Crippen LogP) is 1.76. The fraction of sp³-hybridized carbons (Fsp3) is 0.500. The molecule has 0 spiro atoms. The lowest BCUT2D eigenvalue weighted by atomic mass is 10.1. The fourth-order valence-corrected chi connectivity index (χ4v) is 1.45. The van der Waals surface area contributed by atoms with Gasteiger partial charge in [0.2, 0.25) is 0 Å². The first-order valence-electron chi connectivity index (χ1n) is 5.52. The molecule has 0 saturated carbocycles. The second-order valence-corrected chi connectivity index (χ2v) is 4.28. The number of aromatic nitrogens is 1. The van der Waals surface area contributed by atoms with Crippen LogP contribution in [0.1, 0.15) is 26.3 Å². The third-order valence-corrected chi connectivity index (χ3v) is 2.33. The van der Waals surface area contributed by atoms with Gasteiger partial charge in [-0.25, -0.2) is 4.98 Å². The monoisotopic (exact) mass is 234 g/mol. The van der Waals surface area contributed by atoms with Gasteiger partial charge in [-0.3, -0.25) is 0 Å². The molecule has 0 aliphatic heterocycles. The molecule has 1 aromatic rings. The van der Waals surface area contributed by atoms with Gasteiger partial charge in [-0.2, -0.15) is 5.26 Å². The average Bonchev–Trinajstić information content (AvgIpc) is 2.28. The van der Waals surface area contributed by atoms with Gasteiger partial charge in [0.05, 0.1) is 16.9 Å². The third-order valence-electron chi connectivity index (χ3n) is 2.33. The van der Waals surface area contributed by atoms with Crippen molar-refractivity contribution in [1.82, 2.24) is 4.98 Å². The maximum atomic E-state index is 8.84. The second kappa shape index (κ2) is 5.51. The van der Waals surface area contributed by atoms with E-state index in [9.17, 15) is 0 Å². The maximum absolute atomic E-state index is 8.84. The standard InChI is InChI=1S/C12H18N4O/c1-4-17-12(2,3)8-16-11-10(14)9(7-13)5-6-15-11/h5-6H,4,8,14H2,1-3H3,(H,15,16). The molecule has 0 unspecified atom stereocenters. The molecule has 0 fully saturated rings. The van der Waals surface area contributed by atoms with Crippen LogP contribution in [-0.2, 0) is 4.74 Å². The summed E-state index contributed by atoms with van der Waals surface area (Å²) in [6.07, 6.45) is 1.56. The summed E-state index contributed by atoms with van der Waals surface area (Å²) in [5, 5.41) is 11.9. The number of nitrogens with zero attached hydrogens (tertiary/aromatic N) is 2. The summed E-state index contributed by atoms with van der Waals surface area (Å²) in [7, 11) is 0. The first-order chi connectivity index (χ1) is 8.00. The molecule has 5 heteroatoms. The summed E-state index contributed by atoms with van der Waals surface area (Å²) in [6.45, 7) is 7.13. The number of nitrogens with two attached hydrogens (primary N) is 1. The summed E-state index contributed by atoms with van der Waals surface area (Å²) < 4.78 is 5.55. The molecule has 5 nitrogen and oxygen atoms in total. The van der Waals surface area contributed by atoms with E-state index in [0.29, 0.717) is 30.2 Å². The Balaban J connectivity index is 2.74. The highest BCUT2D eigenvalue weighted by Gasteiger charge is 2.18. The number of ether oxygens (including phenoxy) is 1. The van der Waals surface area contributed by atoms with Crippen LogP contribution in [0.5, 0.6) is 0 Å². The van der Waals surface area contributed by atoms with Gasteiger partial charge in [0.25, 0.3) is 0 Å². The zero-order valence-electron chi connectivity index (χ0n) is 10.4. The van der Waals surface area contributed by atoms with E-state index in [1.165, 1.54) is 0 Å². The molecule has 0 aliphatic carbocycles. The van der Waals surface area contributed by atoms with Crippen LogP contribution in [0.25, 0.3) is 0 Å². The first kappa shape index (κ1) is 13.3. The molecule has 0 radical (unpaired) electrons. The summed E-state index contributed by atoms with van der Waals surface area (Å²) in [5.74, 6) is 0.525. The van der Waals surface area contributed by atoms with Crippen molar-refractivity contribution in [2.45, 2.75) is 26.4 Å². The second-order valence-electron chi connectivity index (χ2n) is 4.28. The minimum absolute atomic E-state index is 0.300. The fourth-order valence-electron chi connectivity index (χ4n) is 1.45. The molecule has 0 bridgehead atoms. The summed E-state index contributed by atoms with van der Waals surface area (Å²) in [5.41, 5.74) is 6.31. The van der Waals surface area contributed by atoms with Crippen LogP contribution in [0.3, 0.4) is 0 Å². The van der Waals surface area contributed by atoms with E-state index in [-0.39, 0.29) is 5.60 Å². The van der Waals surface area contributed by atoms with E-state index in [1.807, 2.05) is 26.8 Å². The number of nitrogens with one attached hydrogen (secondary N) is 1. The smallest absolute Gasteiger partial charge is 0.150 e. The van der Waals surface area contributed by atoms with Crippen molar-refractivity contribution in [2.75, 3.05) is 24.2 Å². The van der Waals surface area contributed by atoms with Crippen molar-refractivity contribution in [3.8, 4) is 6.07 Å². The molecular weight excluding hydrogens is 216 g/mol. The van der Waals surface area contributed by atoms with Crippen molar-refractivity contribution in [3.63, 3.8) is 0 Å². The van der Waals surface area contributed by atoms with E-state index in [4.69, 9.17) is 15.7 Å². The summed E-state index contributed by atoms with van der Waals surface area (Å²) in [6, 6.07) is 3.61. The van der Waals surface area contributed by atoms with Gasteiger partial charge >= 0.3 is 0 Å². The highest BCUT2D eigenvalue weighted by atomic mass is 16.5. The lowest BCUT2D eigenvalue weighted by molar-refractivity contribution is 0.000655. The van der Waals surface area contributed by atoms with Gasteiger partial charge in [0.15, 0.2) is 5.82 Å². The summed E-state index contributed by atoms with van der Waals surface area (Å²) >= 11 is 0. The van der Waals surface area contributed by atoms with E-state index in [2.05, 4.69) is 10.3 Å². The molecule has 1 aromatic heterocycles. The van der Waals surface area contributed by atoms with Crippen molar-refractivity contribution >= 4 is 11.5 Å². The van der Waals surface area contributed by atoms with Crippen LogP contribution < -0.4 is 11.1 Å². The minimum Gasteiger partial charge on any atom is -0.395 e. The minimum atomic E-state index is -0.300. The molecule has 1 heterocycles. The number of nitrogen functional groups attached to an aromatic ring is 1. The maximum Gasteiger partial charge on any atom is 0.150 e. The molecule has 0 amide bonds. The molecule has 1 rings (SSSR count). The van der Waals surface area contributed by atoms with Gasteiger partial charge in [-0.05, 0) is 26.8 Å². The highest BCUT2D eigenvalue weighted by Crippen LogP contribution is 2.20. The number of anilines is 2. The number of hydrogen-bond acceptors (Lipinski definition) is 5. The van der Waals surface area contributed by atoms with Crippen molar-refractivity contribution in [1.29, 1.82) is 5.26 Å². The van der Waals surface area contributed by atoms with E-state index < -0.39 is 0 Å². The first-order valence-corrected chi connectivity index (χ1v) is 5.52. The van der Waals surface area contributed by atoms with Crippen molar-refractivity contribution < 1.29 is 4.74 Å². The average molecular weight is 234 g/mol. The number of hydrogen-bond donors (Lipinski definition) is 2. The largest absolute Gasteiger partial charge is 0.395 e. The molecule has 17 heavy (non-hydrogen) atoms. The quantitative estimate of drug-likeness (QED) is 0.811. The van der Waals surface area contributed by atoms with Crippen LogP contribution >= 0.6 is 0 Å². The number of rotatable bonds is 5. The molecule has 0 aromatic carbocycles. The van der Waals surface area contributed by atoms with E-state index in [0.717, 1.165) is 0 Å². The van der Waals surface area contributed by atoms with Gasteiger partial charge in [-0.15, -0.1) is 0 Å². The Labute approximate surface area is 102 Å². The van der Waals surface area contributed by atoms with Gasteiger partial charge in [-0.1, -0.05) is 0 Å². The predicted molar refractivity (Wildman–Crippen MR) is 67.6 cm³/mol. The van der Waals surface area contributed by atoms with Gasteiger partial charge < -0.3 is 15.8 Å². The Kier molecular flexibility index (Phi) is 4.30. The highest BCUT2D eigenvalue weighted by molar-refractivity contribution is 5.68. The molecule has 3 N–H and O–H groups in total. The zero-order chi connectivity index (χ0) is 12.9. The van der Waals surface area contributed by atoms with Crippen LogP contribution in [0.2, 0.25) is 0 Å². The molecular formula is C12H18N4O. The normalized spacial score (nSPS) is 10.9. The van der Waals surface area contributed by atoms with Crippen molar-refractivity contribution in [2.24, 2.45) is 0 Å².